The lowest BCUT2D eigenvalue weighted by molar-refractivity contribution is 0.0694. The van der Waals surface area contributed by atoms with Gasteiger partial charge in [0.15, 0.2) is 39.0 Å². The van der Waals surface area contributed by atoms with Gasteiger partial charge in [-0.25, -0.2) is 30.8 Å². The smallest absolute Gasteiger partial charge is 0.337 e. The Kier molecular flexibility index (Phi) is 6.97. The number of ether oxygens (including phenoxy) is 1. The largest absolute Gasteiger partial charge is 0.478 e. The quantitative estimate of drug-likeness (QED) is 0.418. The van der Waals surface area contributed by atoms with E-state index in [0.29, 0.717) is 24.2 Å². The first kappa shape index (κ1) is 25.5. The van der Waals surface area contributed by atoms with Crippen LogP contribution in [0.15, 0.2) is 24.6 Å². The Morgan fingerprint density at radius 1 is 1.12 bits per heavy atom. The summed E-state index contributed by atoms with van der Waals surface area (Å²) in [6, 6.07) is 2.58. The first-order chi connectivity index (χ1) is 15.8. The molecule has 0 spiro atoms. The topological polar surface area (TPSA) is 83.9 Å². The van der Waals surface area contributed by atoms with Gasteiger partial charge in [-0.15, -0.1) is 0 Å². The van der Waals surface area contributed by atoms with Gasteiger partial charge in [-0.1, -0.05) is 6.92 Å². The molecule has 6 nitrogen and oxygen atoms in total. The van der Waals surface area contributed by atoms with Crippen molar-refractivity contribution in [1.82, 2.24) is 0 Å². The Bertz CT molecular complexity index is 1260. The van der Waals surface area contributed by atoms with E-state index >= 15 is 0 Å². The normalized spacial score (nSPS) is 15.8. The fourth-order valence-corrected chi connectivity index (χ4v) is 5.40. The van der Waals surface area contributed by atoms with Crippen LogP contribution in [0.2, 0.25) is 0 Å². The maximum atomic E-state index is 14.2. The van der Waals surface area contributed by atoms with Crippen molar-refractivity contribution in [2.75, 3.05) is 11.4 Å². The van der Waals surface area contributed by atoms with E-state index in [1.165, 1.54) is 6.07 Å². The molecule has 0 aliphatic carbocycles. The molecule has 0 saturated heterocycles. The van der Waals surface area contributed by atoms with Gasteiger partial charge in [-0.3, -0.25) is 0 Å². The van der Waals surface area contributed by atoms with Crippen LogP contribution in [0, 0.1) is 30.2 Å². The fraction of sp³-hybridized carbons (Fsp3) is 0.348. The third-order valence-corrected chi connectivity index (χ3v) is 7.02. The summed E-state index contributed by atoms with van der Waals surface area (Å²) in [5, 5.41) is 9.79. The molecule has 0 amide bonds. The van der Waals surface area contributed by atoms with Crippen LogP contribution in [0.5, 0.6) is 0 Å². The summed E-state index contributed by atoms with van der Waals surface area (Å²) in [5.41, 5.74) is -1.61. The SMILES string of the molecule is C=C1OC(C)c2cc(CS(=O)(=O)Cc3c(F)c(F)c(C)c(F)c3F)cc(C(=O)O)c2N1CCC. The summed E-state index contributed by atoms with van der Waals surface area (Å²) in [6.45, 7) is 8.56. The molecular weight excluding hydrogens is 478 g/mol. The number of nitrogens with zero attached hydrogens (tertiary/aromatic N) is 1. The maximum Gasteiger partial charge on any atom is 0.337 e. The van der Waals surface area contributed by atoms with Gasteiger partial charge < -0.3 is 14.7 Å². The molecular formula is C23H23F4NO5S. The molecule has 0 aromatic heterocycles. The minimum atomic E-state index is -4.38. The second-order valence-corrected chi connectivity index (χ2v) is 10.1. The van der Waals surface area contributed by atoms with E-state index in [-0.39, 0.29) is 17.0 Å². The Hall–Kier alpha value is -3.08. The first-order valence-electron chi connectivity index (χ1n) is 10.3. The van der Waals surface area contributed by atoms with E-state index in [1.807, 2.05) is 6.92 Å². The molecule has 1 N–H and O–H groups in total. The highest BCUT2D eigenvalue weighted by molar-refractivity contribution is 7.89. The second kappa shape index (κ2) is 9.28. The molecule has 184 valence electrons. The molecule has 2 aromatic rings. The number of hydrogen-bond acceptors (Lipinski definition) is 5. The zero-order valence-electron chi connectivity index (χ0n) is 18.7. The minimum Gasteiger partial charge on any atom is -0.478 e. The minimum absolute atomic E-state index is 0.0180. The number of fused-ring (bicyclic) bond motifs is 1. The fourth-order valence-electron chi connectivity index (χ4n) is 3.93. The monoisotopic (exact) mass is 501 g/mol. The molecule has 1 aliphatic rings. The molecule has 3 rings (SSSR count). The maximum absolute atomic E-state index is 14.2. The molecule has 0 fully saturated rings. The lowest BCUT2D eigenvalue weighted by atomic mass is 9.97. The van der Waals surface area contributed by atoms with Crippen LogP contribution in [0.1, 0.15) is 59.0 Å². The lowest BCUT2D eigenvalue weighted by Crippen LogP contribution is -2.32. The number of aromatic carboxylic acids is 1. The molecule has 34 heavy (non-hydrogen) atoms. The number of hydrogen-bond donors (Lipinski definition) is 1. The van der Waals surface area contributed by atoms with Gasteiger partial charge in [0.05, 0.1) is 22.8 Å². The van der Waals surface area contributed by atoms with Gasteiger partial charge >= 0.3 is 5.97 Å². The van der Waals surface area contributed by atoms with Gasteiger partial charge in [0.2, 0.25) is 0 Å². The molecule has 1 unspecified atom stereocenters. The standard InChI is InChI=1S/C23H23F4NO5S/c1-5-6-28-13(4)33-12(3)15-7-14(8-16(22(15)28)23(29)30)9-34(31,32)10-17-20(26)18(24)11(2)19(25)21(17)27/h7-8,12H,4-6,9-10H2,1-3H3,(H,29,30). The van der Waals surface area contributed by atoms with Gasteiger partial charge in [-0.05, 0) is 44.5 Å². The van der Waals surface area contributed by atoms with Crippen LogP contribution < -0.4 is 4.90 Å². The van der Waals surface area contributed by atoms with Crippen LogP contribution in [-0.4, -0.2) is 26.0 Å². The van der Waals surface area contributed by atoms with Gasteiger partial charge in [0, 0.05) is 23.2 Å². The number of carboxylic acids is 1. The van der Waals surface area contributed by atoms with Gasteiger partial charge in [0.25, 0.3) is 0 Å². The summed E-state index contributed by atoms with van der Waals surface area (Å²) < 4.78 is 87.3. The second-order valence-electron chi connectivity index (χ2n) is 8.08. The van der Waals surface area contributed by atoms with Crippen molar-refractivity contribution in [3.8, 4) is 0 Å². The number of benzene rings is 2. The number of rotatable bonds is 7. The molecule has 0 saturated carbocycles. The molecule has 0 bridgehead atoms. The zero-order chi connectivity index (χ0) is 25.5. The van der Waals surface area contributed by atoms with Crippen LogP contribution >= 0.6 is 0 Å². The van der Waals surface area contributed by atoms with Crippen molar-refractivity contribution in [2.24, 2.45) is 0 Å². The van der Waals surface area contributed by atoms with Crippen molar-refractivity contribution in [3.05, 3.63) is 75.7 Å². The predicted molar refractivity (Wildman–Crippen MR) is 117 cm³/mol. The lowest BCUT2D eigenvalue weighted by Gasteiger charge is -2.37. The Labute approximate surface area is 194 Å². The number of anilines is 1. The third kappa shape index (κ3) is 4.61. The number of carbonyl (C=O) groups is 1. The van der Waals surface area contributed by atoms with E-state index in [9.17, 15) is 35.9 Å². The summed E-state index contributed by atoms with van der Waals surface area (Å²) >= 11 is 0. The van der Waals surface area contributed by atoms with Crippen molar-refractivity contribution in [1.29, 1.82) is 0 Å². The van der Waals surface area contributed by atoms with E-state index in [1.54, 1.807) is 11.8 Å². The van der Waals surface area contributed by atoms with Crippen LogP contribution in [-0.2, 0) is 26.1 Å². The van der Waals surface area contributed by atoms with E-state index in [0.717, 1.165) is 13.0 Å². The average molecular weight is 501 g/mol. The summed E-state index contributed by atoms with van der Waals surface area (Å²) in [7, 11) is -4.38. The molecule has 1 aliphatic heterocycles. The predicted octanol–water partition coefficient (Wildman–Crippen LogP) is 5.14. The van der Waals surface area contributed by atoms with Crippen LogP contribution in [0.25, 0.3) is 0 Å². The molecule has 11 heteroatoms. The Morgan fingerprint density at radius 2 is 1.71 bits per heavy atom. The Balaban J connectivity index is 2.06. The highest BCUT2D eigenvalue weighted by atomic mass is 32.2. The molecule has 2 aromatic carbocycles. The van der Waals surface area contributed by atoms with Gasteiger partial charge in [0.1, 0.15) is 6.10 Å². The summed E-state index contributed by atoms with van der Waals surface area (Å²) in [6.07, 6.45) is -0.00170. The van der Waals surface area contributed by atoms with Crippen molar-refractivity contribution in [2.45, 2.75) is 44.8 Å². The van der Waals surface area contributed by atoms with Crippen molar-refractivity contribution < 1.29 is 40.6 Å². The first-order valence-corrected chi connectivity index (χ1v) is 12.2. The third-order valence-electron chi connectivity index (χ3n) is 5.52. The summed E-state index contributed by atoms with van der Waals surface area (Å²) in [4.78, 5) is 13.6. The Morgan fingerprint density at radius 3 is 2.24 bits per heavy atom. The number of carboxylic acid groups (broad SMARTS) is 1. The van der Waals surface area contributed by atoms with Gasteiger partial charge in [-0.2, -0.15) is 0 Å². The van der Waals surface area contributed by atoms with Crippen molar-refractivity contribution >= 4 is 21.5 Å². The number of sulfone groups is 1. The molecule has 1 heterocycles. The average Bonchev–Trinajstić information content (AvgIpc) is 2.76. The van der Waals surface area contributed by atoms with Crippen LogP contribution in [0.3, 0.4) is 0 Å². The van der Waals surface area contributed by atoms with E-state index in [2.05, 4.69) is 6.58 Å². The highest BCUT2D eigenvalue weighted by Crippen LogP contribution is 2.41. The van der Waals surface area contributed by atoms with E-state index < -0.39 is 67.8 Å². The molecule has 0 radical (unpaired) electrons. The van der Waals surface area contributed by atoms with E-state index in [4.69, 9.17) is 4.74 Å². The summed E-state index contributed by atoms with van der Waals surface area (Å²) in [5.74, 6) is -10.1. The highest BCUT2D eigenvalue weighted by Gasteiger charge is 2.32. The number of halogens is 4. The zero-order valence-corrected chi connectivity index (χ0v) is 19.5. The van der Waals surface area contributed by atoms with Crippen LogP contribution in [0.4, 0.5) is 23.2 Å². The van der Waals surface area contributed by atoms with Crippen molar-refractivity contribution in [3.63, 3.8) is 0 Å². The molecule has 1 atom stereocenters.